The van der Waals surface area contributed by atoms with Crippen molar-refractivity contribution >= 4 is 28.5 Å². The maximum absolute atomic E-state index is 13.1. The second-order valence-corrected chi connectivity index (χ2v) is 6.31. The predicted octanol–water partition coefficient (Wildman–Crippen LogP) is 4.03. The van der Waals surface area contributed by atoms with Gasteiger partial charge in [-0.05, 0) is 38.8 Å². The SMILES string of the molecule is CCOC(=O)CCCCCCN(c1ccc(F)cn1)c1nc(C)ns1. The summed E-state index contributed by atoms with van der Waals surface area (Å²) in [6.07, 6.45) is 5.35. The Morgan fingerprint density at radius 3 is 2.72 bits per heavy atom. The molecule has 2 aromatic rings. The van der Waals surface area contributed by atoms with Crippen molar-refractivity contribution in [1.29, 1.82) is 0 Å². The van der Waals surface area contributed by atoms with Crippen molar-refractivity contribution in [3.63, 3.8) is 0 Å². The van der Waals surface area contributed by atoms with E-state index in [0.717, 1.165) is 30.8 Å². The molecule has 0 saturated heterocycles. The number of aryl methyl sites for hydroxylation is 1. The van der Waals surface area contributed by atoms with E-state index in [4.69, 9.17) is 4.74 Å². The lowest BCUT2D eigenvalue weighted by Gasteiger charge is -2.20. The van der Waals surface area contributed by atoms with Gasteiger partial charge in [-0.2, -0.15) is 4.37 Å². The van der Waals surface area contributed by atoms with Gasteiger partial charge in [-0.25, -0.2) is 14.4 Å². The summed E-state index contributed by atoms with van der Waals surface area (Å²) in [5.41, 5.74) is 0. The predicted molar refractivity (Wildman–Crippen MR) is 95.6 cm³/mol. The molecule has 0 N–H and O–H groups in total. The third kappa shape index (κ3) is 6.38. The summed E-state index contributed by atoms with van der Waals surface area (Å²) in [6.45, 7) is 4.79. The molecule has 2 aromatic heterocycles. The minimum absolute atomic E-state index is 0.135. The first-order chi connectivity index (χ1) is 12.1. The number of unbranched alkanes of at least 4 members (excludes halogenated alkanes) is 3. The van der Waals surface area contributed by atoms with Crippen LogP contribution < -0.4 is 4.90 Å². The van der Waals surface area contributed by atoms with Gasteiger partial charge in [0, 0.05) is 24.5 Å². The molecule has 0 aliphatic rings. The van der Waals surface area contributed by atoms with Crippen LogP contribution in [0.25, 0.3) is 0 Å². The Bertz CT molecular complexity index is 663. The summed E-state index contributed by atoms with van der Waals surface area (Å²) in [4.78, 5) is 21.8. The molecular formula is C17H23FN4O2S. The van der Waals surface area contributed by atoms with Gasteiger partial charge < -0.3 is 9.64 Å². The van der Waals surface area contributed by atoms with Crippen LogP contribution in [0.2, 0.25) is 0 Å². The lowest BCUT2D eigenvalue weighted by Crippen LogP contribution is -2.19. The zero-order chi connectivity index (χ0) is 18.1. The molecule has 6 nitrogen and oxygen atoms in total. The highest BCUT2D eigenvalue weighted by Crippen LogP contribution is 2.26. The molecule has 0 fully saturated rings. The average Bonchev–Trinajstić information content (AvgIpc) is 3.02. The molecule has 8 heteroatoms. The van der Waals surface area contributed by atoms with Gasteiger partial charge in [0.2, 0.25) is 5.13 Å². The van der Waals surface area contributed by atoms with Gasteiger partial charge in [-0.15, -0.1) is 0 Å². The van der Waals surface area contributed by atoms with E-state index in [-0.39, 0.29) is 11.8 Å². The van der Waals surface area contributed by atoms with E-state index in [9.17, 15) is 9.18 Å². The second-order valence-electron chi connectivity index (χ2n) is 5.58. The van der Waals surface area contributed by atoms with Crippen molar-refractivity contribution in [2.24, 2.45) is 0 Å². The summed E-state index contributed by atoms with van der Waals surface area (Å²) in [5, 5.41) is 0.753. The number of halogens is 1. The molecule has 0 aliphatic heterocycles. The van der Waals surface area contributed by atoms with Gasteiger partial charge in [-0.1, -0.05) is 12.8 Å². The molecule has 0 aliphatic carbocycles. The summed E-state index contributed by atoms with van der Waals surface area (Å²) in [5.74, 6) is 0.866. The quantitative estimate of drug-likeness (QED) is 0.467. The molecule has 136 valence electrons. The first-order valence-corrected chi connectivity index (χ1v) is 9.22. The Morgan fingerprint density at radius 2 is 2.08 bits per heavy atom. The normalized spacial score (nSPS) is 10.7. The summed E-state index contributed by atoms with van der Waals surface area (Å²) in [6, 6.07) is 3.04. The number of esters is 1. The van der Waals surface area contributed by atoms with Gasteiger partial charge >= 0.3 is 5.97 Å². The minimum Gasteiger partial charge on any atom is -0.466 e. The van der Waals surface area contributed by atoms with E-state index in [0.29, 0.717) is 31.2 Å². The number of carbonyl (C=O) groups excluding carboxylic acids is 1. The van der Waals surface area contributed by atoms with Crippen molar-refractivity contribution in [3.05, 3.63) is 30.0 Å². The van der Waals surface area contributed by atoms with Gasteiger partial charge in [0.05, 0.1) is 12.8 Å². The van der Waals surface area contributed by atoms with Gasteiger partial charge in [0.15, 0.2) is 0 Å². The van der Waals surface area contributed by atoms with E-state index >= 15 is 0 Å². The fourth-order valence-electron chi connectivity index (χ4n) is 2.36. The van der Waals surface area contributed by atoms with Crippen LogP contribution in [0.1, 0.15) is 44.9 Å². The van der Waals surface area contributed by atoms with Crippen LogP contribution >= 0.6 is 11.5 Å². The third-order valence-corrected chi connectivity index (χ3v) is 4.38. The third-order valence-electron chi connectivity index (χ3n) is 3.55. The number of rotatable bonds is 10. The van der Waals surface area contributed by atoms with Crippen LogP contribution in [0.15, 0.2) is 18.3 Å². The molecule has 2 heterocycles. The van der Waals surface area contributed by atoms with Crippen LogP contribution in [0, 0.1) is 12.7 Å². The largest absolute Gasteiger partial charge is 0.466 e. The Balaban J connectivity index is 1.85. The first kappa shape index (κ1) is 19.2. The molecule has 2 rings (SSSR count). The zero-order valence-electron chi connectivity index (χ0n) is 14.6. The maximum atomic E-state index is 13.1. The van der Waals surface area contributed by atoms with Crippen molar-refractivity contribution in [1.82, 2.24) is 14.3 Å². The lowest BCUT2D eigenvalue weighted by molar-refractivity contribution is -0.143. The van der Waals surface area contributed by atoms with Crippen LogP contribution in [-0.2, 0) is 9.53 Å². The van der Waals surface area contributed by atoms with Crippen LogP contribution in [0.4, 0.5) is 15.3 Å². The van der Waals surface area contributed by atoms with Crippen LogP contribution in [0.5, 0.6) is 0 Å². The van der Waals surface area contributed by atoms with E-state index in [1.54, 1.807) is 6.07 Å². The van der Waals surface area contributed by atoms with E-state index in [2.05, 4.69) is 14.3 Å². The van der Waals surface area contributed by atoms with Crippen molar-refractivity contribution in [2.45, 2.75) is 46.0 Å². The van der Waals surface area contributed by atoms with Crippen molar-refractivity contribution in [3.8, 4) is 0 Å². The number of hydrogen-bond donors (Lipinski definition) is 0. The molecule has 0 amide bonds. The molecule has 0 spiro atoms. The smallest absolute Gasteiger partial charge is 0.305 e. The highest BCUT2D eigenvalue weighted by molar-refractivity contribution is 7.09. The molecule has 25 heavy (non-hydrogen) atoms. The Morgan fingerprint density at radius 1 is 1.28 bits per heavy atom. The topological polar surface area (TPSA) is 68.2 Å². The molecule has 0 unspecified atom stereocenters. The highest BCUT2D eigenvalue weighted by Gasteiger charge is 2.15. The van der Waals surface area contributed by atoms with Crippen LogP contribution in [-0.4, -0.2) is 33.5 Å². The molecule has 0 saturated carbocycles. The lowest BCUT2D eigenvalue weighted by atomic mass is 10.1. The molecule has 0 bridgehead atoms. The number of ether oxygens (including phenoxy) is 1. The number of pyridine rings is 1. The molecular weight excluding hydrogens is 343 g/mol. The number of hydrogen-bond acceptors (Lipinski definition) is 7. The average molecular weight is 366 g/mol. The van der Waals surface area contributed by atoms with Gasteiger partial charge in [0.25, 0.3) is 0 Å². The summed E-state index contributed by atoms with van der Waals surface area (Å²) < 4.78 is 22.2. The Labute approximate surface area is 151 Å². The monoisotopic (exact) mass is 366 g/mol. The number of nitrogens with zero attached hydrogens (tertiary/aromatic N) is 4. The summed E-state index contributed by atoms with van der Waals surface area (Å²) in [7, 11) is 0. The maximum Gasteiger partial charge on any atom is 0.305 e. The van der Waals surface area contributed by atoms with Crippen molar-refractivity contribution < 1.29 is 13.9 Å². The fraction of sp³-hybridized carbons (Fsp3) is 0.529. The summed E-state index contributed by atoms with van der Waals surface area (Å²) >= 11 is 1.30. The van der Waals surface area contributed by atoms with E-state index in [1.807, 2.05) is 18.7 Å². The van der Waals surface area contributed by atoms with E-state index in [1.165, 1.54) is 23.8 Å². The zero-order valence-corrected chi connectivity index (χ0v) is 15.4. The standard InChI is InChI=1S/C17H23FN4O2S/c1-3-24-16(23)8-6-4-5-7-11-22(17-20-13(2)21-25-17)15-10-9-14(18)12-19-15/h9-10,12H,3-8,11H2,1-2H3. The second kappa shape index (κ2) is 10.0. The molecule has 0 aromatic carbocycles. The van der Waals surface area contributed by atoms with Gasteiger partial charge in [-0.3, -0.25) is 4.79 Å². The number of aromatic nitrogens is 3. The Kier molecular flexibility index (Phi) is 7.72. The molecule has 0 atom stereocenters. The highest BCUT2D eigenvalue weighted by atomic mass is 32.1. The van der Waals surface area contributed by atoms with Crippen LogP contribution in [0.3, 0.4) is 0 Å². The Hall–Kier alpha value is -2.09. The minimum atomic E-state index is -0.365. The number of carbonyl (C=O) groups is 1. The fourth-order valence-corrected chi connectivity index (χ4v) is 3.07. The number of anilines is 2. The first-order valence-electron chi connectivity index (χ1n) is 8.45. The molecule has 0 radical (unpaired) electrons. The van der Waals surface area contributed by atoms with Gasteiger partial charge in [0.1, 0.15) is 17.5 Å². The van der Waals surface area contributed by atoms with Crippen molar-refractivity contribution in [2.75, 3.05) is 18.1 Å². The van der Waals surface area contributed by atoms with E-state index < -0.39 is 0 Å².